The highest BCUT2D eigenvalue weighted by atomic mass is 16.1. The minimum Gasteiger partial charge on any atom is -0.365 e. The molecule has 0 aliphatic rings. The molecule has 0 spiro atoms. The molecule has 0 atom stereocenters. The van der Waals surface area contributed by atoms with Crippen molar-refractivity contribution in [3.8, 4) is 0 Å². The molecule has 0 saturated heterocycles. The Morgan fingerprint density at radius 2 is 1.71 bits per heavy atom. The molecule has 0 radical (unpaired) electrons. The Kier molecular flexibility index (Phi) is 3.43. The van der Waals surface area contributed by atoms with Gasteiger partial charge in [0.15, 0.2) is 5.82 Å². The zero-order valence-corrected chi connectivity index (χ0v) is 11.2. The summed E-state index contributed by atoms with van der Waals surface area (Å²) in [7, 11) is 0. The zero-order valence-electron chi connectivity index (χ0n) is 11.2. The molecule has 1 amide bonds. The molecule has 1 aromatic heterocycles. The van der Waals surface area contributed by atoms with Crippen LogP contribution in [0.4, 0.5) is 0 Å². The molecule has 0 unspecified atom stereocenters. The van der Waals surface area contributed by atoms with Gasteiger partial charge >= 0.3 is 0 Å². The quantitative estimate of drug-likeness (QED) is 0.747. The van der Waals surface area contributed by atoms with E-state index in [0.717, 1.165) is 16.5 Å². The van der Waals surface area contributed by atoms with Gasteiger partial charge in [-0.05, 0) is 17.7 Å². The summed E-state index contributed by atoms with van der Waals surface area (Å²) in [6.45, 7) is 0. The number of benzene rings is 2. The van der Waals surface area contributed by atoms with Crippen molar-refractivity contribution in [1.29, 1.82) is 0 Å². The molecule has 0 aliphatic heterocycles. The van der Waals surface area contributed by atoms with Crippen LogP contribution in [0.5, 0.6) is 0 Å². The number of primary amides is 1. The maximum atomic E-state index is 11.7. The maximum absolute atomic E-state index is 11.7. The first-order valence-electron chi connectivity index (χ1n) is 6.53. The van der Waals surface area contributed by atoms with E-state index in [1.807, 2.05) is 54.6 Å². The predicted octanol–water partition coefficient (Wildman–Crippen LogP) is 2.66. The fourth-order valence-electron chi connectivity index (χ4n) is 2.06. The summed E-state index contributed by atoms with van der Waals surface area (Å²) in [5.41, 5.74) is 7.43. The van der Waals surface area contributed by atoms with Crippen LogP contribution in [0.15, 0.2) is 60.8 Å². The molecular formula is C17H13N3O. The molecule has 0 bridgehead atoms. The number of aromatic nitrogens is 2. The van der Waals surface area contributed by atoms with Crippen LogP contribution < -0.4 is 5.73 Å². The third-order valence-corrected chi connectivity index (χ3v) is 3.11. The Morgan fingerprint density at radius 1 is 1.00 bits per heavy atom. The monoisotopic (exact) mass is 275 g/mol. The maximum Gasteiger partial charge on any atom is 0.252 e. The van der Waals surface area contributed by atoms with Crippen molar-refractivity contribution >= 4 is 28.5 Å². The summed E-state index contributed by atoms with van der Waals surface area (Å²) in [5.74, 6) is -0.209. The third-order valence-electron chi connectivity index (χ3n) is 3.11. The van der Waals surface area contributed by atoms with Crippen LogP contribution in [-0.4, -0.2) is 15.9 Å². The Morgan fingerprint density at radius 3 is 2.48 bits per heavy atom. The van der Waals surface area contributed by atoms with Crippen LogP contribution in [0.3, 0.4) is 0 Å². The van der Waals surface area contributed by atoms with Gasteiger partial charge in [-0.15, -0.1) is 0 Å². The van der Waals surface area contributed by atoms with Crippen LogP contribution in [0.1, 0.15) is 11.4 Å². The molecule has 21 heavy (non-hydrogen) atoms. The van der Waals surface area contributed by atoms with Crippen LogP contribution in [-0.2, 0) is 4.79 Å². The van der Waals surface area contributed by atoms with E-state index < -0.39 is 5.91 Å². The molecule has 3 rings (SSSR count). The van der Waals surface area contributed by atoms with Crippen molar-refractivity contribution in [2.45, 2.75) is 0 Å². The summed E-state index contributed by atoms with van der Waals surface area (Å²) in [5, 5.41) is 0.921. The molecule has 4 heteroatoms. The number of nitrogens with two attached hydrogens (primary N) is 1. The van der Waals surface area contributed by atoms with Gasteiger partial charge in [-0.3, -0.25) is 4.79 Å². The Labute approximate surface area is 122 Å². The SMILES string of the molecule is NC(=O)/C(=C\c1ccccc1)c1ncc2ccccc2n1. The van der Waals surface area contributed by atoms with Crippen LogP contribution in [0.2, 0.25) is 0 Å². The molecule has 4 nitrogen and oxygen atoms in total. The van der Waals surface area contributed by atoms with E-state index in [1.165, 1.54) is 0 Å². The van der Waals surface area contributed by atoms with Gasteiger partial charge in [0.05, 0.1) is 11.1 Å². The van der Waals surface area contributed by atoms with Gasteiger partial charge in [0.2, 0.25) is 0 Å². The van der Waals surface area contributed by atoms with E-state index in [4.69, 9.17) is 5.73 Å². The van der Waals surface area contributed by atoms with E-state index in [0.29, 0.717) is 11.4 Å². The number of carbonyl (C=O) groups excluding carboxylic acids is 1. The molecule has 3 aromatic rings. The number of amides is 1. The minimum atomic E-state index is -0.547. The van der Waals surface area contributed by atoms with E-state index in [-0.39, 0.29) is 0 Å². The smallest absolute Gasteiger partial charge is 0.252 e. The lowest BCUT2D eigenvalue weighted by Gasteiger charge is -2.04. The number of para-hydroxylation sites is 1. The van der Waals surface area contributed by atoms with Crippen molar-refractivity contribution in [3.63, 3.8) is 0 Å². The molecule has 0 saturated carbocycles. The molecular weight excluding hydrogens is 262 g/mol. The second-order valence-electron chi connectivity index (χ2n) is 4.59. The lowest BCUT2D eigenvalue weighted by molar-refractivity contribution is -0.112. The highest BCUT2D eigenvalue weighted by molar-refractivity contribution is 6.22. The normalized spacial score (nSPS) is 11.5. The molecule has 0 aliphatic carbocycles. The summed E-state index contributed by atoms with van der Waals surface area (Å²) in [4.78, 5) is 20.4. The van der Waals surface area contributed by atoms with Gasteiger partial charge in [0, 0.05) is 11.6 Å². The average Bonchev–Trinajstić information content (AvgIpc) is 2.53. The fraction of sp³-hybridized carbons (Fsp3) is 0. The van der Waals surface area contributed by atoms with Crippen molar-refractivity contribution < 1.29 is 4.79 Å². The summed E-state index contributed by atoms with van der Waals surface area (Å²) >= 11 is 0. The van der Waals surface area contributed by atoms with Gasteiger partial charge in [-0.1, -0.05) is 48.5 Å². The summed E-state index contributed by atoms with van der Waals surface area (Å²) < 4.78 is 0. The minimum absolute atomic E-state index is 0.298. The molecule has 2 aromatic carbocycles. The number of nitrogens with zero attached hydrogens (tertiary/aromatic N) is 2. The Hall–Kier alpha value is -3.01. The van der Waals surface area contributed by atoms with E-state index >= 15 is 0 Å². The first kappa shape index (κ1) is 13.0. The average molecular weight is 275 g/mol. The van der Waals surface area contributed by atoms with Crippen molar-refractivity contribution in [3.05, 3.63) is 72.2 Å². The first-order chi connectivity index (χ1) is 10.2. The molecule has 1 heterocycles. The molecule has 102 valence electrons. The van der Waals surface area contributed by atoms with Gasteiger partial charge in [-0.2, -0.15) is 0 Å². The summed E-state index contributed by atoms with van der Waals surface area (Å²) in [6.07, 6.45) is 3.39. The highest BCUT2D eigenvalue weighted by Crippen LogP contribution is 2.17. The zero-order chi connectivity index (χ0) is 14.7. The van der Waals surface area contributed by atoms with Crippen molar-refractivity contribution in [1.82, 2.24) is 9.97 Å². The number of carbonyl (C=O) groups is 1. The van der Waals surface area contributed by atoms with Crippen LogP contribution >= 0.6 is 0 Å². The highest BCUT2D eigenvalue weighted by Gasteiger charge is 2.12. The molecule has 0 fully saturated rings. The number of hydrogen-bond acceptors (Lipinski definition) is 3. The third kappa shape index (κ3) is 2.79. The van der Waals surface area contributed by atoms with Gasteiger partial charge < -0.3 is 5.73 Å². The van der Waals surface area contributed by atoms with Crippen LogP contribution in [0, 0.1) is 0 Å². The Bertz CT molecular complexity index is 826. The first-order valence-corrected chi connectivity index (χ1v) is 6.53. The fourth-order valence-corrected chi connectivity index (χ4v) is 2.06. The van der Waals surface area contributed by atoms with Gasteiger partial charge in [-0.25, -0.2) is 9.97 Å². The van der Waals surface area contributed by atoms with Gasteiger partial charge in [0.25, 0.3) is 5.91 Å². The lowest BCUT2D eigenvalue weighted by Crippen LogP contribution is -2.14. The number of fused-ring (bicyclic) bond motifs is 1. The van der Waals surface area contributed by atoms with E-state index in [1.54, 1.807) is 12.3 Å². The number of hydrogen-bond donors (Lipinski definition) is 1. The predicted molar refractivity (Wildman–Crippen MR) is 83.0 cm³/mol. The topological polar surface area (TPSA) is 68.9 Å². The van der Waals surface area contributed by atoms with E-state index in [2.05, 4.69) is 9.97 Å². The number of rotatable bonds is 3. The van der Waals surface area contributed by atoms with Crippen molar-refractivity contribution in [2.24, 2.45) is 5.73 Å². The van der Waals surface area contributed by atoms with Crippen molar-refractivity contribution in [2.75, 3.05) is 0 Å². The Balaban J connectivity index is 2.11. The summed E-state index contributed by atoms with van der Waals surface area (Å²) in [6, 6.07) is 17.1. The molecule has 2 N–H and O–H groups in total. The largest absolute Gasteiger partial charge is 0.365 e. The van der Waals surface area contributed by atoms with Crippen LogP contribution in [0.25, 0.3) is 22.6 Å². The van der Waals surface area contributed by atoms with Gasteiger partial charge in [0.1, 0.15) is 0 Å². The van der Waals surface area contributed by atoms with E-state index in [9.17, 15) is 4.79 Å². The standard InChI is InChI=1S/C17H13N3O/c18-16(21)14(10-12-6-2-1-3-7-12)17-19-11-13-8-4-5-9-15(13)20-17/h1-11H,(H2,18,21)/b14-10+. The second kappa shape index (κ2) is 5.54. The lowest BCUT2D eigenvalue weighted by atomic mass is 10.1. The second-order valence-corrected chi connectivity index (χ2v) is 4.59.